The summed E-state index contributed by atoms with van der Waals surface area (Å²) >= 11 is 0. The molecule has 2 bridgehead atoms. The van der Waals surface area contributed by atoms with E-state index in [2.05, 4.69) is 9.98 Å². The molecular formula is C15H17N3O4. The molecule has 3 aliphatic rings. The van der Waals surface area contributed by atoms with Crippen LogP contribution in [0.25, 0.3) is 0 Å². The highest BCUT2D eigenvalue weighted by Crippen LogP contribution is 2.41. The molecule has 1 aromatic rings. The molecule has 2 unspecified atom stereocenters. The summed E-state index contributed by atoms with van der Waals surface area (Å²) < 4.78 is 11.1. The summed E-state index contributed by atoms with van der Waals surface area (Å²) in [6.45, 7) is 0.609. The van der Waals surface area contributed by atoms with Gasteiger partial charge in [-0.15, -0.1) is 0 Å². The monoisotopic (exact) mass is 303 g/mol. The van der Waals surface area contributed by atoms with E-state index in [0.717, 1.165) is 32.1 Å². The van der Waals surface area contributed by atoms with Crippen LogP contribution in [0.4, 0.5) is 5.82 Å². The highest BCUT2D eigenvalue weighted by molar-refractivity contribution is 5.84. The largest absolute Gasteiger partial charge is 0.456 e. The lowest BCUT2D eigenvalue weighted by Gasteiger charge is -2.20. The van der Waals surface area contributed by atoms with Gasteiger partial charge in [-0.2, -0.15) is 0 Å². The Kier molecular flexibility index (Phi) is 3.11. The number of aliphatic imine (C=N–C) groups is 1. The number of ether oxygens (including phenoxy) is 2. The van der Waals surface area contributed by atoms with Gasteiger partial charge in [-0.25, -0.2) is 0 Å². The summed E-state index contributed by atoms with van der Waals surface area (Å²) in [5.41, 5.74) is 0.222. The van der Waals surface area contributed by atoms with E-state index in [1.807, 2.05) is 0 Å². The van der Waals surface area contributed by atoms with E-state index in [9.17, 15) is 10.1 Å². The number of hydrogen-bond acceptors (Lipinski definition) is 6. The van der Waals surface area contributed by atoms with Gasteiger partial charge in [0.2, 0.25) is 0 Å². The summed E-state index contributed by atoms with van der Waals surface area (Å²) in [6, 6.07) is 3.33. The normalized spacial score (nSPS) is 30.1. The minimum Gasteiger partial charge on any atom is -0.456 e. The van der Waals surface area contributed by atoms with Crippen LogP contribution >= 0.6 is 0 Å². The maximum absolute atomic E-state index is 11.2. The first-order valence-electron chi connectivity index (χ1n) is 7.62. The number of fused-ring (bicyclic) bond motifs is 2. The third-order valence-electron chi connectivity index (χ3n) is 4.47. The average molecular weight is 303 g/mol. The number of pyridine rings is 1. The minimum absolute atomic E-state index is 0.163. The quantitative estimate of drug-likeness (QED) is 0.473. The lowest BCUT2D eigenvalue weighted by atomic mass is 10.0. The predicted octanol–water partition coefficient (Wildman–Crippen LogP) is 2.27. The molecule has 0 spiro atoms. The van der Waals surface area contributed by atoms with Crippen molar-refractivity contribution in [3.63, 3.8) is 0 Å². The van der Waals surface area contributed by atoms with Crippen molar-refractivity contribution in [2.45, 2.75) is 49.9 Å². The Labute approximate surface area is 127 Å². The van der Waals surface area contributed by atoms with Gasteiger partial charge in [0, 0.05) is 23.7 Å². The van der Waals surface area contributed by atoms with Crippen LogP contribution in [0.15, 0.2) is 17.1 Å². The number of aromatic nitrogens is 1. The first kappa shape index (κ1) is 13.6. The highest BCUT2D eigenvalue weighted by Gasteiger charge is 2.45. The molecule has 2 saturated carbocycles. The molecule has 0 aromatic carbocycles. The Hall–Kier alpha value is -2.02. The second kappa shape index (κ2) is 5.01. The van der Waals surface area contributed by atoms with E-state index in [1.165, 1.54) is 0 Å². The maximum Gasteiger partial charge on any atom is 0.376 e. The average Bonchev–Trinajstić information content (AvgIpc) is 3.11. The molecule has 1 aliphatic heterocycles. The van der Waals surface area contributed by atoms with Crippen molar-refractivity contribution >= 4 is 12.0 Å². The number of nitrogens with zero attached hydrogens (tertiary/aromatic N) is 3. The molecule has 0 N–H and O–H groups in total. The second-order valence-electron chi connectivity index (χ2n) is 6.29. The number of rotatable bonds is 5. The van der Waals surface area contributed by atoms with Gasteiger partial charge in [-0.1, -0.05) is 0 Å². The third-order valence-corrected chi connectivity index (χ3v) is 4.47. The molecule has 3 fully saturated rings. The molecule has 116 valence electrons. The van der Waals surface area contributed by atoms with E-state index in [0.29, 0.717) is 24.2 Å². The molecule has 0 radical (unpaired) electrons. The van der Waals surface area contributed by atoms with Crippen LogP contribution in [0.3, 0.4) is 0 Å². The molecule has 2 heterocycles. The summed E-state index contributed by atoms with van der Waals surface area (Å²) in [7, 11) is 0. The molecule has 1 saturated heterocycles. The first-order chi connectivity index (χ1) is 10.6. The summed E-state index contributed by atoms with van der Waals surface area (Å²) in [5, 5.41) is 11.2. The van der Waals surface area contributed by atoms with E-state index >= 15 is 0 Å². The summed E-state index contributed by atoms with van der Waals surface area (Å²) in [4.78, 5) is 19.4. The van der Waals surface area contributed by atoms with Crippen molar-refractivity contribution in [1.82, 2.24) is 4.98 Å². The van der Waals surface area contributed by atoms with Crippen LogP contribution in [-0.2, 0) is 4.74 Å². The van der Waals surface area contributed by atoms with E-state index < -0.39 is 4.92 Å². The molecule has 7 nitrogen and oxygen atoms in total. The van der Waals surface area contributed by atoms with Gasteiger partial charge in [-0.3, -0.25) is 4.99 Å². The van der Waals surface area contributed by atoms with Gasteiger partial charge >= 0.3 is 11.7 Å². The SMILES string of the molecule is O=[N+]([O-])c1nc(OC2CC2)ccc1C=NC12CCC(C1)OC2. The molecule has 0 amide bonds. The van der Waals surface area contributed by atoms with Crippen LogP contribution in [0, 0.1) is 10.1 Å². The Bertz CT molecular complexity index is 634. The Balaban J connectivity index is 1.58. The fourth-order valence-electron chi connectivity index (χ4n) is 3.08. The summed E-state index contributed by atoms with van der Waals surface area (Å²) in [5.74, 6) is 0.112. The zero-order valence-corrected chi connectivity index (χ0v) is 12.1. The lowest BCUT2D eigenvalue weighted by Crippen LogP contribution is -2.25. The van der Waals surface area contributed by atoms with Crippen molar-refractivity contribution in [2.75, 3.05) is 6.61 Å². The van der Waals surface area contributed by atoms with Crippen molar-refractivity contribution in [1.29, 1.82) is 0 Å². The molecule has 2 aliphatic carbocycles. The molecule has 7 heteroatoms. The van der Waals surface area contributed by atoms with E-state index in [-0.39, 0.29) is 17.5 Å². The van der Waals surface area contributed by atoms with Crippen LogP contribution in [0.5, 0.6) is 5.88 Å². The van der Waals surface area contributed by atoms with Crippen LogP contribution in [0.1, 0.15) is 37.7 Å². The zero-order chi connectivity index (χ0) is 15.2. The second-order valence-corrected chi connectivity index (χ2v) is 6.29. The van der Waals surface area contributed by atoms with Crippen LogP contribution < -0.4 is 4.74 Å². The van der Waals surface area contributed by atoms with Crippen LogP contribution in [-0.4, -0.2) is 40.5 Å². The molecule has 2 atom stereocenters. The molecule has 22 heavy (non-hydrogen) atoms. The van der Waals surface area contributed by atoms with E-state index in [1.54, 1.807) is 18.3 Å². The molecule has 4 rings (SSSR count). The van der Waals surface area contributed by atoms with Crippen molar-refractivity contribution in [3.05, 3.63) is 27.8 Å². The molecular weight excluding hydrogens is 286 g/mol. The van der Waals surface area contributed by atoms with Crippen molar-refractivity contribution in [2.24, 2.45) is 4.99 Å². The number of nitro groups is 1. The maximum atomic E-state index is 11.2. The van der Waals surface area contributed by atoms with Gasteiger partial charge in [0.25, 0.3) is 0 Å². The van der Waals surface area contributed by atoms with Crippen molar-refractivity contribution < 1.29 is 14.4 Å². The smallest absolute Gasteiger partial charge is 0.376 e. The topological polar surface area (TPSA) is 86.9 Å². The summed E-state index contributed by atoms with van der Waals surface area (Å²) in [6.07, 6.45) is 6.93. The third kappa shape index (κ3) is 2.56. The fourth-order valence-corrected chi connectivity index (χ4v) is 3.08. The number of hydrogen-bond donors (Lipinski definition) is 0. The Morgan fingerprint density at radius 1 is 1.45 bits per heavy atom. The Morgan fingerprint density at radius 3 is 2.91 bits per heavy atom. The van der Waals surface area contributed by atoms with Crippen LogP contribution in [0.2, 0.25) is 0 Å². The standard InChI is InChI=1S/C15H17N3O4/c19-18(20)14-10(1-4-13(17-14)22-11-2-3-11)8-16-15-6-5-12(7-15)21-9-15/h1,4,8,11-12H,2-3,5-7,9H2. The molecule has 1 aromatic heterocycles. The lowest BCUT2D eigenvalue weighted by molar-refractivity contribution is -0.389. The predicted molar refractivity (Wildman–Crippen MR) is 78.5 cm³/mol. The van der Waals surface area contributed by atoms with Gasteiger partial charge in [-0.05, 0) is 36.7 Å². The minimum atomic E-state index is -0.485. The van der Waals surface area contributed by atoms with Gasteiger partial charge in [0.1, 0.15) is 6.10 Å². The highest BCUT2D eigenvalue weighted by atomic mass is 16.6. The fraction of sp³-hybridized carbons (Fsp3) is 0.600. The van der Waals surface area contributed by atoms with Gasteiger partial charge < -0.3 is 19.6 Å². The van der Waals surface area contributed by atoms with Crippen molar-refractivity contribution in [3.8, 4) is 5.88 Å². The Morgan fingerprint density at radius 2 is 2.32 bits per heavy atom. The van der Waals surface area contributed by atoms with E-state index in [4.69, 9.17) is 9.47 Å². The first-order valence-corrected chi connectivity index (χ1v) is 7.62. The van der Waals surface area contributed by atoms with Gasteiger partial charge in [0.15, 0.2) is 0 Å². The van der Waals surface area contributed by atoms with Gasteiger partial charge in [0.05, 0.1) is 23.8 Å². The zero-order valence-electron chi connectivity index (χ0n) is 12.1.